The number of halogens is 2. The third kappa shape index (κ3) is 4.15. The van der Waals surface area contributed by atoms with Crippen molar-refractivity contribution in [2.75, 3.05) is 6.61 Å². The number of carbonyl (C=O) groups excluding carboxylic acids is 1. The fourth-order valence-electron chi connectivity index (χ4n) is 1.44. The molecule has 1 aromatic heterocycles. The first-order valence-corrected chi connectivity index (χ1v) is 6.56. The van der Waals surface area contributed by atoms with Crippen molar-refractivity contribution in [2.45, 2.75) is 13.5 Å². The summed E-state index contributed by atoms with van der Waals surface area (Å²) < 4.78 is 10.5. The fraction of sp³-hybridized carbons (Fsp3) is 0.231. The van der Waals surface area contributed by atoms with Gasteiger partial charge in [-0.25, -0.2) is 4.98 Å². The topological polar surface area (TPSA) is 64.4 Å². The molecule has 0 aliphatic rings. The van der Waals surface area contributed by atoms with Crippen LogP contribution in [0.1, 0.15) is 11.7 Å². The maximum Gasteiger partial charge on any atom is 0.258 e. The quantitative estimate of drug-likeness (QED) is 0.921. The molecule has 0 aliphatic carbocycles. The van der Waals surface area contributed by atoms with E-state index < -0.39 is 0 Å². The van der Waals surface area contributed by atoms with E-state index in [1.54, 1.807) is 31.3 Å². The maximum absolute atomic E-state index is 11.6. The van der Waals surface area contributed by atoms with Crippen molar-refractivity contribution in [1.82, 2.24) is 10.3 Å². The molecule has 2 aromatic rings. The molecule has 1 amide bonds. The molecule has 0 radical (unpaired) electrons. The first kappa shape index (κ1) is 14.7. The Morgan fingerprint density at radius 1 is 1.45 bits per heavy atom. The van der Waals surface area contributed by atoms with Gasteiger partial charge in [-0.3, -0.25) is 4.79 Å². The molecule has 0 atom stereocenters. The molecular weight excluding hydrogens is 303 g/mol. The Hall–Kier alpha value is -1.72. The summed E-state index contributed by atoms with van der Waals surface area (Å²) >= 11 is 11.7. The van der Waals surface area contributed by atoms with Gasteiger partial charge >= 0.3 is 0 Å². The Morgan fingerprint density at radius 2 is 2.25 bits per heavy atom. The van der Waals surface area contributed by atoms with Gasteiger partial charge < -0.3 is 14.5 Å². The van der Waals surface area contributed by atoms with E-state index in [0.717, 1.165) is 0 Å². The Morgan fingerprint density at radius 3 is 2.90 bits per heavy atom. The summed E-state index contributed by atoms with van der Waals surface area (Å²) in [6.07, 6.45) is 1.59. The van der Waals surface area contributed by atoms with Gasteiger partial charge in [0, 0.05) is 5.02 Å². The van der Waals surface area contributed by atoms with Crippen molar-refractivity contribution >= 4 is 29.1 Å². The zero-order valence-electron chi connectivity index (χ0n) is 10.7. The van der Waals surface area contributed by atoms with E-state index in [0.29, 0.717) is 27.4 Å². The number of aryl methyl sites for hydroxylation is 1. The molecule has 0 saturated carbocycles. The Balaban J connectivity index is 1.80. The lowest BCUT2D eigenvalue weighted by Gasteiger charge is -2.08. The molecule has 0 unspecified atom stereocenters. The van der Waals surface area contributed by atoms with Gasteiger partial charge in [-0.2, -0.15) is 0 Å². The number of amides is 1. The van der Waals surface area contributed by atoms with Crippen LogP contribution >= 0.6 is 23.2 Å². The van der Waals surface area contributed by atoms with Gasteiger partial charge in [-0.1, -0.05) is 23.2 Å². The van der Waals surface area contributed by atoms with Crippen LogP contribution in [0, 0.1) is 6.92 Å². The van der Waals surface area contributed by atoms with E-state index in [1.807, 2.05) is 0 Å². The monoisotopic (exact) mass is 314 g/mol. The SMILES string of the molecule is Cc1cnc(CNC(=O)COc2ccc(Cl)cc2Cl)o1. The standard InChI is InChI=1S/C13H12Cl2N2O3/c1-8-5-17-13(20-8)6-16-12(18)7-19-11-3-2-9(14)4-10(11)15/h2-5H,6-7H2,1H3,(H,16,18). The van der Waals surface area contributed by atoms with E-state index in [2.05, 4.69) is 10.3 Å². The second kappa shape index (κ2) is 6.63. The van der Waals surface area contributed by atoms with Crippen molar-refractivity contribution in [3.63, 3.8) is 0 Å². The Labute approximate surface area is 125 Å². The predicted octanol–water partition coefficient (Wildman–Crippen LogP) is 2.99. The Kier molecular flexibility index (Phi) is 4.87. The summed E-state index contributed by atoms with van der Waals surface area (Å²) in [5.74, 6) is 1.24. The average molecular weight is 315 g/mol. The van der Waals surface area contributed by atoms with E-state index in [4.69, 9.17) is 32.4 Å². The minimum Gasteiger partial charge on any atom is -0.482 e. The molecule has 5 nitrogen and oxygen atoms in total. The fourth-order valence-corrected chi connectivity index (χ4v) is 1.91. The third-order valence-electron chi connectivity index (χ3n) is 2.36. The molecule has 0 fully saturated rings. The highest BCUT2D eigenvalue weighted by Gasteiger charge is 2.08. The molecule has 0 spiro atoms. The zero-order valence-corrected chi connectivity index (χ0v) is 12.2. The normalized spacial score (nSPS) is 10.3. The van der Waals surface area contributed by atoms with Crippen LogP contribution in [0.2, 0.25) is 10.0 Å². The molecule has 0 bridgehead atoms. The lowest BCUT2D eigenvalue weighted by Crippen LogP contribution is -2.28. The van der Waals surface area contributed by atoms with Crippen LogP contribution in [0.4, 0.5) is 0 Å². The van der Waals surface area contributed by atoms with Crippen molar-refractivity contribution in [3.8, 4) is 5.75 Å². The molecular formula is C13H12Cl2N2O3. The highest BCUT2D eigenvalue weighted by Crippen LogP contribution is 2.27. The van der Waals surface area contributed by atoms with Crippen LogP contribution in [0.25, 0.3) is 0 Å². The summed E-state index contributed by atoms with van der Waals surface area (Å²) in [5, 5.41) is 3.48. The molecule has 7 heteroatoms. The summed E-state index contributed by atoms with van der Waals surface area (Å²) in [6, 6.07) is 4.79. The summed E-state index contributed by atoms with van der Waals surface area (Å²) in [4.78, 5) is 15.6. The van der Waals surface area contributed by atoms with Gasteiger partial charge in [0.15, 0.2) is 6.61 Å². The number of nitrogens with one attached hydrogen (secondary N) is 1. The number of rotatable bonds is 5. The van der Waals surface area contributed by atoms with Crippen molar-refractivity contribution in [3.05, 3.63) is 46.1 Å². The lowest BCUT2D eigenvalue weighted by atomic mass is 10.3. The molecule has 20 heavy (non-hydrogen) atoms. The number of oxazole rings is 1. The van der Waals surface area contributed by atoms with Crippen LogP contribution in [-0.4, -0.2) is 17.5 Å². The molecule has 1 N–H and O–H groups in total. The largest absolute Gasteiger partial charge is 0.482 e. The Bertz CT molecular complexity index is 613. The van der Waals surface area contributed by atoms with Crippen LogP contribution in [0.3, 0.4) is 0 Å². The average Bonchev–Trinajstić information content (AvgIpc) is 2.81. The van der Waals surface area contributed by atoms with Gasteiger partial charge in [0.25, 0.3) is 5.91 Å². The van der Waals surface area contributed by atoms with Crippen molar-refractivity contribution in [1.29, 1.82) is 0 Å². The molecule has 106 valence electrons. The molecule has 0 saturated heterocycles. The van der Waals surface area contributed by atoms with E-state index in [-0.39, 0.29) is 19.1 Å². The summed E-state index contributed by atoms with van der Waals surface area (Å²) in [5.41, 5.74) is 0. The molecule has 1 heterocycles. The van der Waals surface area contributed by atoms with Gasteiger partial charge in [0.05, 0.1) is 17.8 Å². The molecule has 0 aliphatic heterocycles. The summed E-state index contributed by atoms with van der Waals surface area (Å²) in [6.45, 7) is 1.84. The first-order valence-electron chi connectivity index (χ1n) is 5.80. The van der Waals surface area contributed by atoms with E-state index in [9.17, 15) is 4.79 Å². The van der Waals surface area contributed by atoms with Gasteiger partial charge in [-0.15, -0.1) is 0 Å². The summed E-state index contributed by atoms with van der Waals surface area (Å²) in [7, 11) is 0. The zero-order chi connectivity index (χ0) is 14.5. The predicted molar refractivity (Wildman–Crippen MR) is 75.0 cm³/mol. The second-order valence-electron chi connectivity index (χ2n) is 4.00. The lowest BCUT2D eigenvalue weighted by molar-refractivity contribution is -0.123. The van der Waals surface area contributed by atoms with Crippen molar-refractivity contribution in [2.24, 2.45) is 0 Å². The number of hydrogen-bond acceptors (Lipinski definition) is 4. The third-order valence-corrected chi connectivity index (χ3v) is 2.89. The van der Waals surface area contributed by atoms with Crippen molar-refractivity contribution < 1.29 is 13.9 Å². The van der Waals surface area contributed by atoms with Gasteiger partial charge in [0.1, 0.15) is 11.5 Å². The highest BCUT2D eigenvalue weighted by molar-refractivity contribution is 6.35. The van der Waals surface area contributed by atoms with Gasteiger partial charge in [-0.05, 0) is 25.1 Å². The smallest absolute Gasteiger partial charge is 0.258 e. The number of ether oxygens (including phenoxy) is 1. The second-order valence-corrected chi connectivity index (χ2v) is 4.85. The van der Waals surface area contributed by atoms with Crippen LogP contribution < -0.4 is 10.1 Å². The van der Waals surface area contributed by atoms with E-state index in [1.165, 1.54) is 0 Å². The molecule has 1 aromatic carbocycles. The first-order chi connectivity index (χ1) is 9.54. The minimum atomic E-state index is -0.299. The number of aromatic nitrogens is 1. The molecule has 2 rings (SSSR count). The number of carbonyl (C=O) groups is 1. The van der Waals surface area contributed by atoms with Crippen LogP contribution in [0.5, 0.6) is 5.75 Å². The van der Waals surface area contributed by atoms with E-state index >= 15 is 0 Å². The number of benzene rings is 1. The number of nitrogens with zero attached hydrogens (tertiary/aromatic N) is 1. The van der Waals surface area contributed by atoms with Crippen LogP contribution in [-0.2, 0) is 11.3 Å². The minimum absolute atomic E-state index is 0.152. The van der Waals surface area contributed by atoms with Gasteiger partial charge in [0.2, 0.25) is 5.89 Å². The number of hydrogen-bond donors (Lipinski definition) is 1. The highest BCUT2D eigenvalue weighted by atomic mass is 35.5. The van der Waals surface area contributed by atoms with Crippen LogP contribution in [0.15, 0.2) is 28.8 Å². The maximum atomic E-state index is 11.6.